The first kappa shape index (κ1) is 13.8. The van der Waals surface area contributed by atoms with Crippen molar-refractivity contribution in [1.29, 1.82) is 0 Å². The van der Waals surface area contributed by atoms with Gasteiger partial charge in [-0.1, -0.05) is 6.07 Å². The fraction of sp³-hybridized carbons (Fsp3) is 0.231. The number of nitrogens with zero attached hydrogens (tertiary/aromatic N) is 2. The van der Waals surface area contributed by atoms with Gasteiger partial charge in [0.05, 0.1) is 5.69 Å². The Morgan fingerprint density at radius 3 is 2.84 bits per heavy atom. The highest BCUT2D eigenvalue weighted by atomic mass is 79.9. The Morgan fingerprint density at radius 2 is 2.11 bits per heavy atom. The summed E-state index contributed by atoms with van der Waals surface area (Å²) in [5.74, 6) is 1.60. The maximum atomic E-state index is 5.75. The van der Waals surface area contributed by atoms with Gasteiger partial charge in [0.15, 0.2) is 5.82 Å². The quantitative estimate of drug-likeness (QED) is 0.905. The van der Waals surface area contributed by atoms with Gasteiger partial charge in [0.25, 0.3) is 0 Å². The fourth-order valence-corrected chi connectivity index (χ4v) is 1.99. The highest BCUT2D eigenvalue weighted by Crippen LogP contribution is 2.26. The molecule has 1 aromatic carbocycles. The van der Waals surface area contributed by atoms with Crippen molar-refractivity contribution in [3.05, 3.63) is 40.1 Å². The molecule has 2 rings (SSSR count). The van der Waals surface area contributed by atoms with Crippen LogP contribution in [0.15, 0.2) is 28.7 Å². The van der Waals surface area contributed by atoms with Crippen LogP contribution in [-0.2, 0) is 11.3 Å². The molecular weight excluding hydrogens is 308 g/mol. The van der Waals surface area contributed by atoms with Crippen molar-refractivity contribution >= 4 is 33.3 Å². The Kier molecular flexibility index (Phi) is 4.34. The second-order valence-corrected chi connectivity index (χ2v) is 4.99. The number of aromatic nitrogens is 2. The monoisotopic (exact) mass is 322 g/mol. The Morgan fingerprint density at radius 1 is 1.32 bits per heavy atom. The van der Waals surface area contributed by atoms with Gasteiger partial charge in [0, 0.05) is 17.6 Å². The molecule has 1 heterocycles. The molecule has 1 aromatic heterocycles. The molecule has 0 radical (unpaired) electrons. The summed E-state index contributed by atoms with van der Waals surface area (Å²) in [6.07, 6.45) is 0. The van der Waals surface area contributed by atoms with E-state index in [4.69, 9.17) is 10.5 Å². The summed E-state index contributed by atoms with van der Waals surface area (Å²) >= 11 is 3.49. The molecule has 0 atom stereocenters. The zero-order valence-electron chi connectivity index (χ0n) is 10.8. The van der Waals surface area contributed by atoms with Crippen molar-refractivity contribution in [3.8, 4) is 0 Å². The summed E-state index contributed by atoms with van der Waals surface area (Å²) < 4.78 is 5.97. The maximum absolute atomic E-state index is 5.75. The summed E-state index contributed by atoms with van der Waals surface area (Å²) in [4.78, 5) is 8.44. The van der Waals surface area contributed by atoms with Crippen LogP contribution in [0.2, 0.25) is 0 Å². The molecule has 19 heavy (non-hydrogen) atoms. The number of nitrogen functional groups attached to an aromatic ring is 1. The number of hydrogen-bond acceptors (Lipinski definition) is 5. The standard InChI is InChI=1S/C13H15BrN4O/c1-8-3-4-9(14)10(5-8)16-12-6-11(15)17-13(18-12)7-19-2/h3-6H,7H2,1-2H3,(H3,15,16,17,18). The molecule has 0 spiro atoms. The molecule has 6 heteroatoms. The molecule has 0 amide bonds. The number of benzene rings is 1. The van der Waals surface area contributed by atoms with Gasteiger partial charge in [0.1, 0.15) is 18.2 Å². The Hall–Kier alpha value is -1.66. The topological polar surface area (TPSA) is 73.1 Å². The summed E-state index contributed by atoms with van der Waals surface area (Å²) in [5.41, 5.74) is 7.84. The van der Waals surface area contributed by atoms with Gasteiger partial charge >= 0.3 is 0 Å². The number of rotatable bonds is 4. The smallest absolute Gasteiger partial charge is 0.158 e. The van der Waals surface area contributed by atoms with Gasteiger partial charge in [-0.25, -0.2) is 9.97 Å². The van der Waals surface area contributed by atoms with Crippen LogP contribution in [0.25, 0.3) is 0 Å². The minimum atomic E-state index is 0.328. The lowest BCUT2D eigenvalue weighted by molar-refractivity contribution is 0.178. The van der Waals surface area contributed by atoms with Crippen molar-refractivity contribution in [2.45, 2.75) is 13.5 Å². The number of halogens is 1. The first-order chi connectivity index (χ1) is 9.08. The minimum absolute atomic E-state index is 0.328. The molecule has 0 fully saturated rings. The molecule has 0 aliphatic heterocycles. The lowest BCUT2D eigenvalue weighted by Crippen LogP contribution is -2.04. The predicted octanol–water partition coefficient (Wildman–Crippen LogP) is 3.02. The van der Waals surface area contributed by atoms with Crippen LogP contribution in [0.4, 0.5) is 17.3 Å². The van der Waals surface area contributed by atoms with Gasteiger partial charge in [-0.05, 0) is 40.5 Å². The van der Waals surface area contributed by atoms with E-state index >= 15 is 0 Å². The molecule has 0 aliphatic carbocycles. The third-order valence-electron chi connectivity index (χ3n) is 2.45. The van der Waals surface area contributed by atoms with Gasteiger partial charge < -0.3 is 15.8 Å². The van der Waals surface area contributed by atoms with Crippen molar-refractivity contribution in [3.63, 3.8) is 0 Å². The Labute approximate surface area is 120 Å². The van der Waals surface area contributed by atoms with Crippen LogP contribution in [0.1, 0.15) is 11.4 Å². The SMILES string of the molecule is COCc1nc(N)cc(Nc2cc(C)ccc2Br)n1. The van der Waals surface area contributed by atoms with Crippen LogP contribution in [0, 0.1) is 6.92 Å². The summed E-state index contributed by atoms with van der Waals surface area (Å²) in [6.45, 7) is 2.36. The highest BCUT2D eigenvalue weighted by Gasteiger charge is 2.05. The number of ether oxygens (including phenoxy) is 1. The van der Waals surface area contributed by atoms with E-state index in [2.05, 4.69) is 31.2 Å². The number of hydrogen-bond donors (Lipinski definition) is 2. The van der Waals surface area contributed by atoms with Gasteiger partial charge in [-0.2, -0.15) is 0 Å². The molecule has 5 nitrogen and oxygen atoms in total. The van der Waals surface area contributed by atoms with Crippen molar-refractivity contribution in [2.75, 3.05) is 18.2 Å². The second kappa shape index (κ2) is 5.99. The lowest BCUT2D eigenvalue weighted by atomic mass is 10.2. The van der Waals surface area contributed by atoms with E-state index in [9.17, 15) is 0 Å². The van der Waals surface area contributed by atoms with Gasteiger partial charge in [-0.15, -0.1) is 0 Å². The van der Waals surface area contributed by atoms with Crippen molar-refractivity contribution in [1.82, 2.24) is 9.97 Å². The summed E-state index contributed by atoms with van der Waals surface area (Å²) in [6, 6.07) is 7.73. The molecule has 3 N–H and O–H groups in total. The molecule has 2 aromatic rings. The average molecular weight is 323 g/mol. The number of nitrogens with one attached hydrogen (secondary N) is 1. The zero-order chi connectivity index (χ0) is 13.8. The van der Waals surface area contributed by atoms with Crippen LogP contribution in [0.5, 0.6) is 0 Å². The van der Waals surface area contributed by atoms with E-state index in [1.807, 2.05) is 25.1 Å². The number of nitrogens with two attached hydrogens (primary N) is 1. The van der Waals surface area contributed by atoms with Crippen LogP contribution < -0.4 is 11.1 Å². The number of methoxy groups -OCH3 is 1. The van der Waals surface area contributed by atoms with E-state index in [0.717, 1.165) is 15.7 Å². The van der Waals surface area contributed by atoms with Crippen molar-refractivity contribution < 1.29 is 4.74 Å². The van der Waals surface area contributed by atoms with Crippen LogP contribution >= 0.6 is 15.9 Å². The molecule has 0 aliphatic rings. The van der Waals surface area contributed by atoms with Gasteiger partial charge in [0.2, 0.25) is 0 Å². The van der Waals surface area contributed by atoms with Crippen LogP contribution in [-0.4, -0.2) is 17.1 Å². The second-order valence-electron chi connectivity index (χ2n) is 4.14. The van der Waals surface area contributed by atoms with E-state index in [-0.39, 0.29) is 0 Å². The normalized spacial score (nSPS) is 10.5. The summed E-state index contributed by atoms with van der Waals surface area (Å²) in [7, 11) is 1.59. The first-order valence-electron chi connectivity index (χ1n) is 5.74. The lowest BCUT2D eigenvalue weighted by Gasteiger charge is -2.10. The van der Waals surface area contributed by atoms with E-state index in [1.165, 1.54) is 0 Å². The minimum Gasteiger partial charge on any atom is -0.384 e. The van der Waals surface area contributed by atoms with Crippen molar-refractivity contribution in [2.24, 2.45) is 0 Å². The number of aryl methyl sites for hydroxylation is 1. The third kappa shape index (κ3) is 3.65. The average Bonchev–Trinajstić information content (AvgIpc) is 2.33. The molecule has 100 valence electrons. The number of anilines is 3. The predicted molar refractivity (Wildman–Crippen MR) is 79.3 cm³/mol. The molecule has 0 bridgehead atoms. The Bertz CT molecular complexity index is 589. The largest absolute Gasteiger partial charge is 0.384 e. The molecule has 0 saturated carbocycles. The molecule has 0 saturated heterocycles. The fourth-order valence-electron chi connectivity index (χ4n) is 1.65. The Balaban J connectivity index is 2.29. The van der Waals surface area contributed by atoms with Gasteiger partial charge in [-0.3, -0.25) is 0 Å². The van der Waals surface area contributed by atoms with E-state index in [1.54, 1.807) is 13.2 Å². The highest BCUT2D eigenvalue weighted by molar-refractivity contribution is 9.10. The van der Waals surface area contributed by atoms with Crippen LogP contribution in [0.3, 0.4) is 0 Å². The molecule has 0 unspecified atom stereocenters. The van der Waals surface area contributed by atoms with E-state index < -0.39 is 0 Å². The third-order valence-corrected chi connectivity index (χ3v) is 3.14. The molecular formula is C13H15BrN4O. The first-order valence-corrected chi connectivity index (χ1v) is 6.53. The van der Waals surface area contributed by atoms with E-state index in [0.29, 0.717) is 24.1 Å². The maximum Gasteiger partial charge on any atom is 0.158 e. The zero-order valence-corrected chi connectivity index (χ0v) is 12.4. The summed E-state index contributed by atoms with van der Waals surface area (Å²) in [5, 5.41) is 3.22.